The van der Waals surface area contributed by atoms with Crippen molar-refractivity contribution in [3.05, 3.63) is 64.1 Å². The molecule has 0 spiro atoms. The molecule has 24 heavy (non-hydrogen) atoms. The summed E-state index contributed by atoms with van der Waals surface area (Å²) >= 11 is 2.77. The lowest BCUT2D eigenvalue weighted by atomic mass is 10.3. The SMILES string of the molecule is Cc1cccn2c(=O)c(C=O)c(Sc3nc4ccccc4s3)nc12. The first-order valence-electron chi connectivity index (χ1n) is 7.18. The Morgan fingerprint density at radius 1 is 1.17 bits per heavy atom. The molecule has 3 aromatic heterocycles. The van der Waals surface area contributed by atoms with Crippen LogP contribution in [0.3, 0.4) is 0 Å². The Kier molecular flexibility index (Phi) is 3.66. The predicted molar refractivity (Wildman–Crippen MR) is 95.3 cm³/mol. The molecule has 4 rings (SSSR count). The molecule has 0 fully saturated rings. The first-order valence-corrected chi connectivity index (χ1v) is 8.81. The number of aldehydes is 1. The summed E-state index contributed by atoms with van der Waals surface area (Å²) in [5, 5.41) is 0.392. The van der Waals surface area contributed by atoms with Gasteiger partial charge in [-0.2, -0.15) is 0 Å². The Morgan fingerprint density at radius 3 is 2.79 bits per heavy atom. The minimum absolute atomic E-state index is 0.0577. The molecule has 3 heterocycles. The van der Waals surface area contributed by atoms with Crippen molar-refractivity contribution in [2.75, 3.05) is 0 Å². The molecule has 0 atom stereocenters. The second-order valence-electron chi connectivity index (χ2n) is 5.19. The van der Waals surface area contributed by atoms with Crippen molar-refractivity contribution < 1.29 is 4.79 Å². The van der Waals surface area contributed by atoms with Crippen LogP contribution in [0.4, 0.5) is 0 Å². The standard InChI is InChI=1S/C17H11N3O2S2/c1-10-5-4-8-20-14(10)19-15(11(9-21)16(20)22)24-17-18-12-6-2-3-7-13(12)23-17/h2-9H,1H3. The number of rotatable bonds is 3. The molecule has 0 aliphatic heterocycles. The summed E-state index contributed by atoms with van der Waals surface area (Å²) in [6.07, 6.45) is 2.19. The molecule has 0 aliphatic carbocycles. The van der Waals surface area contributed by atoms with E-state index in [4.69, 9.17) is 0 Å². The second-order valence-corrected chi connectivity index (χ2v) is 7.45. The average molecular weight is 353 g/mol. The zero-order valence-corrected chi connectivity index (χ0v) is 14.2. The number of thiazole rings is 1. The molecule has 0 amide bonds. The summed E-state index contributed by atoms with van der Waals surface area (Å²) in [5.74, 6) is 0. The highest BCUT2D eigenvalue weighted by Crippen LogP contribution is 2.34. The quantitative estimate of drug-likeness (QED) is 0.416. The fraction of sp³-hybridized carbons (Fsp3) is 0.0588. The minimum atomic E-state index is -0.359. The minimum Gasteiger partial charge on any atom is -0.298 e. The Hall–Kier alpha value is -2.51. The zero-order chi connectivity index (χ0) is 16.7. The van der Waals surface area contributed by atoms with Crippen molar-refractivity contribution in [2.45, 2.75) is 16.3 Å². The van der Waals surface area contributed by atoms with E-state index in [1.54, 1.807) is 12.3 Å². The van der Waals surface area contributed by atoms with E-state index in [0.29, 0.717) is 17.0 Å². The highest BCUT2D eigenvalue weighted by Gasteiger charge is 2.16. The molecule has 5 nitrogen and oxygen atoms in total. The van der Waals surface area contributed by atoms with E-state index in [1.165, 1.54) is 27.5 Å². The van der Waals surface area contributed by atoms with E-state index in [-0.39, 0.29) is 11.1 Å². The molecule has 0 N–H and O–H groups in total. The molecule has 0 radical (unpaired) electrons. The van der Waals surface area contributed by atoms with Gasteiger partial charge in [-0.3, -0.25) is 14.0 Å². The monoisotopic (exact) mass is 353 g/mol. The van der Waals surface area contributed by atoms with Crippen molar-refractivity contribution >= 4 is 45.2 Å². The van der Waals surface area contributed by atoms with Gasteiger partial charge < -0.3 is 0 Å². The molecule has 0 saturated heterocycles. The number of aryl methyl sites for hydroxylation is 1. The second kappa shape index (κ2) is 5.85. The van der Waals surface area contributed by atoms with E-state index in [0.717, 1.165) is 20.1 Å². The average Bonchev–Trinajstić information content (AvgIpc) is 2.98. The summed E-state index contributed by atoms with van der Waals surface area (Å²) in [5.41, 5.74) is 2.02. The van der Waals surface area contributed by atoms with Crippen LogP contribution < -0.4 is 5.56 Å². The Morgan fingerprint density at radius 2 is 2.00 bits per heavy atom. The van der Waals surface area contributed by atoms with Crippen molar-refractivity contribution in [3.8, 4) is 0 Å². The van der Waals surface area contributed by atoms with Gasteiger partial charge in [0.15, 0.2) is 10.6 Å². The van der Waals surface area contributed by atoms with Gasteiger partial charge in [-0.25, -0.2) is 9.97 Å². The van der Waals surface area contributed by atoms with Gasteiger partial charge in [-0.05, 0) is 42.4 Å². The predicted octanol–water partition coefficient (Wildman–Crippen LogP) is 3.58. The van der Waals surface area contributed by atoms with Crippen molar-refractivity contribution in [1.29, 1.82) is 0 Å². The van der Waals surface area contributed by atoms with Crippen LogP contribution in [0, 0.1) is 6.92 Å². The molecule has 0 bridgehead atoms. The molecule has 7 heteroatoms. The fourth-order valence-corrected chi connectivity index (χ4v) is 4.50. The van der Waals surface area contributed by atoms with Gasteiger partial charge in [0, 0.05) is 6.20 Å². The van der Waals surface area contributed by atoms with Gasteiger partial charge in [0.25, 0.3) is 5.56 Å². The van der Waals surface area contributed by atoms with Crippen LogP contribution in [0.2, 0.25) is 0 Å². The number of pyridine rings is 1. The van der Waals surface area contributed by atoms with Gasteiger partial charge in [-0.15, -0.1) is 11.3 Å². The molecule has 0 saturated carbocycles. The highest BCUT2D eigenvalue weighted by atomic mass is 32.2. The van der Waals surface area contributed by atoms with Crippen LogP contribution in [-0.2, 0) is 0 Å². The van der Waals surface area contributed by atoms with Crippen LogP contribution >= 0.6 is 23.1 Å². The van der Waals surface area contributed by atoms with Crippen molar-refractivity contribution in [3.63, 3.8) is 0 Å². The number of para-hydroxylation sites is 1. The maximum atomic E-state index is 12.6. The maximum absolute atomic E-state index is 12.6. The van der Waals surface area contributed by atoms with Crippen LogP contribution in [0.1, 0.15) is 15.9 Å². The number of carbonyl (C=O) groups excluding carboxylic acids is 1. The highest BCUT2D eigenvalue weighted by molar-refractivity contribution is 8.01. The third-order valence-electron chi connectivity index (χ3n) is 3.63. The third kappa shape index (κ3) is 2.42. The fourth-order valence-electron chi connectivity index (χ4n) is 2.45. The van der Waals surface area contributed by atoms with Crippen molar-refractivity contribution in [1.82, 2.24) is 14.4 Å². The normalized spacial score (nSPS) is 11.2. The molecular weight excluding hydrogens is 342 g/mol. The van der Waals surface area contributed by atoms with Gasteiger partial charge in [0.05, 0.1) is 10.2 Å². The third-order valence-corrected chi connectivity index (χ3v) is 5.73. The Balaban J connectivity index is 1.90. The lowest BCUT2D eigenvalue weighted by Crippen LogP contribution is -2.21. The van der Waals surface area contributed by atoms with Crippen LogP contribution in [0.25, 0.3) is 15.9 Å². The van der Waals surface area contributed by atoms with E-state index in [1.807, 2.05) is 37.3 Å². The smallest absolute Gasteiger partial charge is 0.269 e. The lowest BCUT2D eigenvalue weighted by molar-refractivity contribution is 0.111. The van der Waals surface area contributed by atoms with E-state index in [9.17, 15) is 9.59 Å². The Bertz CT molecular complexity index is 1110. The van der Waals surface area contributed by atoms with Gasteiger partial charge in [0.2, 0.25) is 0 Å². The Labute approximate surface area is 145 Å². The number of aromatic nitrogens is 3. The molecular formula is C17H11N3O2S2. The summed E-state index contributed by atoms with van der Waals surface area (Å²) in [7, 11) is 0. The van der Waals surface area contributed by atoms with Gasteiger partial charge in [-0.1, -0.05) is 18.2 Å². The number of hydrogen-bond donors (Lipinski definition) is 0. The lowest BCUT2D eigenvalue weighted by Gasteiger charge is -2.07. The van der Waals surface area contributed by atoms with Crippen LogP contribution in [0.5, 0.6) is 0 Å². The topological polar surface area (TPSA) is 64.3 Å². The molecule has 1 aromatic carbocycles. The largest absolute Gasteiger partial charge is 0.298 e. The molecule has 0 unspecified atom stereocenters. The first-order chi connectivity index (χ1) is 11.7. The van der Waals surface area contributed by atoms with E-state index < -0.39 is 0 Å². The number of fused-ring (bicyclic) bond motifs is 2. The first kappa shape index (κ1) is 15.0. The summed E-state index contributed by atoms with van der Waals surface area (Å²) < 4.78 is 3.21. The van der Waals surface area contributed by atoms with Crippen LogP contribution in [-0.4, -0.2) is 20.7 Å². The number of benzene rings is 1. The van der Waals surface area contributed by atoms with Crippen molar-refractivity contribution in [2.24, 2.45) is 0 Å². The number of carbonyl (C=O) groups is 1. The maximum Gasteiger partial charge on any atom is 0.269 e. The van der Waals surface area contributed by atoms with Gasteiger partial charge >= 0.3 is 0 Å². The van der Waals surface area contributed by atoms with E-state index in [2.05, 4.69) is 9.97 Å². The van der Waals surface area contributed by atoms with Gasteiger partial charge in [0.1, 0.15) is 16.2 Å². The molecule has 0 aliphatic rings. The molecule has 118 valence electrons. The number of nitrogens with zero attached hydrogens (tertiary/aromatic N) is 3. The van der Waals surface area contributed by atoms with Crippen LogP contribution in [0.15, 0.2) is 56.8 Å². The number of hydrogen-bond acceptors (Lipinski definition) is 6. The van der Waals surface area contributed by atoms with E-state index >= 15 is 0 Å². The molecule has 4 aromatic rings. The zero-order valence-electron chi connectivity index (χ0n) is 12.6. The summed E-state index contributed by atoms with van der Waals surface area (Å²) in [6, 6.07) is 11.5. The summed E-state index contributed by atoms with van der Waals surface area (Å²) in [4.78, 5) is 33.1. The summed E-state index contributed by atoms with van der Waals surface area (Å²) in [6.45, 7) is 1.88.